The Kier molecular flexibility index (Phi) is 4.24. The first kappa shape index (κ1) is 12.1. The van der Waals surface area contributed by atoms with Gasteiger partial charge >= 0.3 is 0 Å². The van der Waals surface area contributed by atoms with Crippen LogP contribution in [0.3, 0.4) is 0 Å². The van der Waals surface area contributed by atoms with Gasteiger partial charge in [0.2, 0.25) is 0 Å². The highest BCUT2D eigenvalue weighted by molar-refractivity contribution is 6.33. The van der Waals surface area contributed by atoms with Gasteiger partial charge in [0.05, 0.1) is 12.1 Å². The molecule has 0 saturated carbocycles. The molecule has 0 unspecified atom stereocenters. The summed E-state index contributed by atoms with van der Waals surface area (Å²) in [6, 6.07) is 1.78. The van der Waals surface area contributed by atoms with Crippen molar-refractivity contribution < 1.29 is 9.84 Å². The van der Waals surface area contributed by atoms with Crippen molar-refractivity contribution in [3.05, 3.63) is 22.2 Å². The molecule has 0 atom stereocenters. The summed E-state index contributed by atoms with van der Waals surface area (Å²) in [5.74, 6) is 0.422. The number of methoxy groups -OCH3 is 1. The first-order valence-electron chi connectivity index (χ1n) is 4.86. The summed E-state index contributed by atoms with van der Waals surface area (Å²) in [6.45, 7) is 2.56. The molecule has 0 amide bonds. The van der Waals surface area contributed by atoms with E-state index >= 15 is 0 Å². The predicted octanol–water partition coefficient (Wildman–Crippen LogP) is 2.25. The smallest absolute Gasteiger partial charge is 0.177 e. The van der Waals surface area contributed by atoms with Crippen molar-refractivity contribution in [3.63, 3.8) is 0 Å². The molecule has 0 spiro atoms. The van der Waals surface area contributed by atoms with Crippen LogP contribution in [0.4, 0.5) is 0 Å². The fraction of sp³-hybridized carbons (Fsp3) is 0.455. The van der Waals surface area contributed by atoms with Gasteiger partial charge in [-0.2, -0.15) is 0 Å². The van der Waals surface area contributed by atoms with E-state index in [9.17, 15) is 5.11 Å². The third kappa shape index (κ3) is 2.55. The van der Waals surface area contributed by atoms with Gasteiger partial charge in [0.25, 0.3) is 0 Å². The molecule has 0 fully saturated rings. The Bertz CT molecular complexity index is 353. The highest BCUT2D eigenvalue weighted by Gasteiger charge is 2.13. The van der Waals surface area contributed by atoms with Gasteiger partial charge < -0.3 is 15.6 Å². The van der Waals surface area contributed by atoms with Crippen LogP contribution in [-0.2, 0) is 6.42 Å². The number of aryl methyl sites for hydroxylation is 1. The van der Waals surface area contributed by atoms with Gasteiger partial charge in [0, 0.05) is 0 Å². The lowest BCUT2D eigenvalue weighted by atomic mass is 10.0. The van der Waals surface area contributed by atoms with Crippen molar-refractivity contribution in [1.82, 2.24) is 0 Å². The van der Waals surface area contributed by atoms with Crippen LogP contribution in [0.1, 0.15) is 17.5 Å². The van der Waals surface area contributed by atoms with Gasteiger partial charge in [-0.1, -0.05) is 11.6 Å². The normalized spacial score (nSPS) is 10.4. The molecule has 3 N–H and O–H groups in total. The van der Waals surface area contributed by atoms with Gasteiger partial charge in [0.15, 0.2) is 11.5 Å². The fourth-order valence-corrected chi connectivity index (χ4v) is 1.85. The number of phenolic OH excluding ortho intramolecular Hbond substituents is 1. The lowest BCUT2D eigenvalue weighted by Crippen LogP contribution is -2.02. The number of aromatic hydroxyl groups is 1. The van der Waals surface area contributed by atoms with Gasteiger partial charge in [-0.3, -0.25) is 0 Å². The number of benzene rings is 1. The van der Waals surface area contributed by atoms with Gasteiger partial charge in [-0.15, -0.1) is 0 Å². The van der Waals surface area contributed by atoms with Crippen molar-refractivity contribution in [2.45, 2.75) is 19.8 Å². The van der Waals surface area contributed by atoms with Crippen LogP contribution in [0.25, 0.3) is 0 Å². The molecule has 1 aromatic carbocycles. The predicted molar refractivity (Wildman–Crippen MR) is 61.8 cm³/mol. The standard InChI is InChI=1S/C11H16ClNO2/c1-7-6-9(15-2)11(14)10(12)8(7)4-3-5-13/h6,14H,3-5,13H2,1-2H3. The maximum atomic E-state index is 9.71. The maximum Gasteiger partial charge on any atom is 0.177 e. The Balaban J connectivity index is 3.11. The number of halogens is 1. The van der Waals surface area contributed by atoms with Crippen LogP contribution in [0, 0.1) is 6.92 Å². The average Bonchev–Trinajstić information content (AvgIpc) is 2.23. The Morgan fingerprint density at radius 3 is 2.73 bits per heavy atom. The minimum atomic E-state index is 0.0109. The first-order chi connectivity index (χ1) is 7.11. The molecule has 0 radical (unpaired) electrons. The van der Waals surface area contributed by atoms with E-state index in [1.54, 1.807) is 6.07 Å². The Hall–Kier alpha value is -0.930. The van der Waals surface area contributed by atoms with E-state index in [1.165, 1.54) is 7.11 Å². The van der Waals surface area contributed by atoms with E-state index in [-0.39, 0.29) is 5.75 Å². The molecular weight excluding hydrogens is 214 g/mol. The number of hydrogen-bond acceptors (Lipinski definition) is 3. The lowest BCUT2D eigenvalue weighted by molar-refractivity contribution is 0.373. The van der Waals surface area contributed by atoms with Gasteiger partial charge in [-0.05, 0) is 43.5 Å². The molecule has 1 rings (SSSR count). The second-order valence-electron chi connectivity index (χ2n) is 3.43. The molecule has 84 valence electrons. The van der Waals surface area contributed by atoms with Crippen molar-refractivity contribution in [2.75, 3.05) is 13.7 Å². The van der Waals surface area contributed by atoms with E-state index in [4.69, 9.17) is 22.1 Å². The summed E-state index contributed by atoms with van der Waals surface area (Å²) < 4.78 is 5.01. The number of ether oxygens (including phenoxy) is 1. The number of rotatable bonds is 4. The van der Waals surface area contributed by atoms with Gasteiger partial charge in [0.1, 0.15) is 0 Å². The van der Waals surface area contributed by atoms with E-state index in [2.05, 4.69) is 0 Å². The Morgan fingerprint density at radius 2 is 2.20 bits per heavy atom. The second-order valence-corrected chi connectivity index (χ2v) is 3.81. The molecule has 0 aliphatic rings. The molecule has 1 aromatic rings. The number of hydrogen-bond donors (Lipinski definition) is 2. The quantitative estimate of drug-likeness (QED) is 0.833. The van der Waals surface area contributed by atoms with E-state index in [0.717, 1.165) is 24.0 Å². The van der Waals surface area contributed by atoms with Crippen molar-refractivity contribution >= 4 is 11.6 Å². The van der Waals surface area contributed by atoms with Crippen LogP contribution >= 0.6 is 11.6 Å². The highest BCUT2D eigenvalue weighted by atomic mass is 35.5. The summed E-state index contributed by atoms with van der Waals surface area (Å²) in [4.78, 5) is 0. The maximum absolute atomic E-state index is 9.71. The summed E-state index contributed by atoms with van der Waals surface area (Å²) in [5, 5.41) is 10.1. The SMILES string of the molecule is COc1cc(C)c(CCCN)c(Cl)c1O. The largest absolute Gasteiger partial charge is 0.503 e. The topological polar surface area (TPSA) is 55.5 Å². The van der Waals surface area contributed by atoms with Crippen molar-refractivity contribution in [2.24, 2.45) is 5.73 Å². The molecule has 0 aromatic heterocycles. The monoisotopic (exact) mass is 229 g/mol. The summed E-state index contributed by atoms with van der Waals surface area (Å²) in [6.07, 6.45) is 1.63. The van der Waals surface area contributed by atoms with E-state index in [1.807, 2.05) is 6.92 Å². The molecule has 15 heavy (non-hydrogen) atoms. The van der Waals surface area contributed by atoms with Crippen molar-refractivity contribution in [3.8, 4) is 11.5 Å². The number of nitrogens with two attached hydrogens (primary N) is 1. The third-order valence-electron chi connectivity index (χ3n) is 2.38. The second kappa shape index (κ2) is 5.24. The summed E-state index contributed by atoms with van der Waals surface area (Å²) >= 11 is 6.05. The molecule has 0 saturated heterocycles. The third-order valence-corrected chi connectivity index (χ3v) is 2.79. The molecule has 0 aliphatic carbocycles. The van der Waals surface area contributed by atoms with E-state index < -0.39 is 0 Å². The zero-order valence-corrected chi connectivity index (χ0v) is 9.77. The average molecular weight is 230 g/mol. The highest BCUT2D eigenvalue weighted by Crippen LogP contribution is 2.38. The zero-order valence-electron chi connectivity index (χ0n) is 9.01. The minimum Gasteiger partial charge on any atom is -0.503 e. The lowest BCUT2D eigenvalue weighted by Gasteiger charge is -2.12. The molecule has 0 aliphatic heterocycles. The summed E-state index contributed by atoms with van der Waals surface area (Å²) in [5.41, 5.74) is 7.40. The number of phenols is 1. The van der Waals surface area contributed by atoms with E-state index in [0.29, 0.717) is 17.3 Å². The molecule has 0 heterocycles. The van der Waals surface area contributed by atoms with Crippen molar-refractivity contribution in [1.29, 1.82) is 0 Å². The van der Waals surface area contributed by atoms with Crippen LogP contribution in [-0.4, -0.2) is 18.8 Å². The minimum absolute atomic E-state index is 0.0109. The Labute approximate surface area is 94.8 Å². The van der Waals surface area contributed by atoms with Crippen LogP contribution in [0.2, 0.25) is 5.02 Å². The van der Waals surface area contributed by atoms with Crippen LogP contribution in [0.15, 0.2) is 6.07 Å². The molecule has 4 heteroatoms. The summed E-state index contributed by atoms with van der Waals surface area (Å²) in [7, 11) is 1.50. The fourth-order valence-electron chi connectivity index (χ4n) is 1.52. The molecule has 0 bridgehead atoms. The molecule has 3 nitrogen and oxygen atoms in total. The Morgan fingerprint density at radius 1 is 1.53 bits per heavy atom. The van der Waals surface area contributed by atoms with Gasteiger partial charge in [-0.25, -0.2) is 0 Å². The van der Waals surface area contributed by atoms with Crippen LogP contribution in [0.5, 0.6) is 11.5 Å². The molecular formula is C11H16ClNO2. The zero-order chi connectivity index (χ0) is 11.4. The van der Waals surface area contributed by atoms with Crippen LogP contribution < -0.4 is 10.5 Å². The first-order valence-corrected chi connectivity index (χ1v) is 5.24.